The van der Waals surface area contributed by atoms with Gasteiger partial charge in [0.25, 0.3) is 0 Å². The van der Waals surface area contributed by atoms with Crippen molar-refractivity contribution in [3.8, 4) is 0 Å². The van der Waals surface area contributed by atoms with E-state index in [0.717, 1.165) is 12.5 Å². The van der Waals surface area contributed by atoms with Gasteiger partial charge in [0.15, 0.2) is 5.96 Å². The molecule has 1 fully saturated rings. The third kappa shape index (κ3) is 5.19. The van der Waals surface area contributed by atoms with Crippen LogP contribution in [0.3, 0.4) is 0 Å². The van der Waals surface area contributed by atoms with Crippen molar-refractivity contribution in [2.75, 3.05) is 25.5 Å². The van der Waals surface area contributed by atoms with Crippen LogP contribution in [0, 0.1) is 5.92 Å². The number of hydrogen-bond donors (Lipinski definition) is 2. The van der Waals surface area contributed by atoms with Crippen molar-refractivity contribution in [1.29, 1.82) is 0 Å². The number of anilines is 1. The van der Waals surface area contributed by atoms with Gasteiger partial charge in [-0.25, -0.2) is 4.99 Å². The van der Waals surface area contributed by atoms with Gasteiger partial charge in [-0.15, -0.1) is 24.0 Å². The fourth-order valence-corrected chi connectivity index (χ4v) is 2.11. The number of benzene rings is 1. The molecule has 0 radical (unpaired) electrons. The highest BCUT2D eigenvalue weighted by Gasteiger charge is 2.16. The van der Waals surface area contributed by atoms with Gasteiger partial charge < -0.3 is 16.0 Å². The smallest absolute Gasteiger partial charge is 0.188 e. The second-order valence-electron chi connectivity index (χ2n) is 5.44. The zero-order valence-corrected chi connectivity index (χ0v) is 14.6. The molecule has 1 aliphatic rings. The number of nitrogens with two attached hydrogens (primary N) is 1. The molecule has 1 saturated carbocycles. The largest absolute Gasteiger partial charge is 0.378 e. The third-order valence-electron chi connectivity index (χ3n) is 3.66. The first-order valence-electron chi connectivity index (χ1n) is 6.95. The van der Waals surface area contributed by atoms with Crippen LogP contribution in [0.5, 0.6) is 0 Å². The lowest BCUT2D eigenvalue weighted by atomic mass is 9.85. The van der Waals surface area contributed by atoms with E-state index in [2.05, 4.69) is 39.5 Å². The second-order valence-corrected chi connectivity index (χ2v) is 5.44. The van der Waals surface area contributed by atoms with Gasteiger partial charge in [-0.3, -0.25) is 0 Å². The van der Waals surface area contributed by atoms with E-state index in [4.69, 9.17) is 5.73 Å². The van der Waals surface area contributed by atoms with Crippen LogP contribution in [-0.4, -0.2) is 26.6 Å². The molecule has 4 nitrogen and oxygen atoms in total. The molecular weight excluding hydrogens is 363 g/mol. The lowest BCUT2D eigenvalue weighted by Crippen LogP contribution is -2.37. The lowest BCUT2D eigenvalue weighted by Gasteiger charge is -2.25. The van der Waals surface area contributed by atoms with Gasteiger partial charge in [0.1, 0.15) is 0 Å². The van der Waals surface area contributed by atoms with E-state index in [0.29, 0.717) is 12.5 Å². The summed E-state index contributed by atoms with van der Waals surface area (Å²) in [4.78, 5) is 6.48. The van der Waals surface area contributed by atoms with Crippen LogP contribution in [0.4, 0.5) is 5.69 Å². The summed E-state index contributed by atoms with van der Waals surface area (Å²) in [7, 11) is 4.08. The highest BCUT2D eigenvalue weighted by atomic mass is 127. The highest BCUT2D eigenvalue weighted by Crippen LogP contribution is 2.25. The zero-order chi connectivity index (χ0) is 13.7. The molecule has 2 rings (SSSR count). The molecule has 5 heteroatoms. The number of aliphatic imine (C=N–C) groups is 1. The minimum absolute atomic E-state index is 0. The van der Waals surface area contributed by atoms with Crippen molar-refractivity contribution in [1.82, 2.24) is 5.32 Å². The standard InChI is InChI=1S/C15H24N4.HI/c1-19(2)14-8-4-7-13(9-14)11-18-15(16)17-10-12-5-3-6-12;/h4,7-9,12H,3,5-6,10-11H2,1-2H3,(H3,16,17,18);1H. The summed E-state index contributed by atoms with van der Waals surface area (Å²) in [6.45, 7) is 1.60. The Bertz CT molecular complexity index is 441. The Hall–Kier alpha value is -0.980. The molecule has 0 saturated heterocycles. The van der Waals surface area contributed by atoms with Gasteiger partial charge in [-0.2, -0.15) is 0 Å². The normalized spacial score (nSPS) is 15.2. The maximum Gasteiger partial charge on any atom is 0.188 e. The molecule has 0 amide bonds. The molecule has 112 valence electrons. The van der Waals surface area contributed by atoms with Crippen molar-refractivity contribution in [3.63, 3.8) is 0 Å². The first-order valence-corrected chi connectivity index (χ1v) is 6.95. The number of halogens is 1. The summed E-state index contributed by atoms with van der Waals surface area (Å²) < 4.78 is 0. The van der Waals surface area contributed by atoms with E-state index >= 15 is 0 Å². The van der Waals surface area contributed by atoms with E-state index in [1.807, 2.05) is 14.1 Å². The number of guanidine groups is 1. The van der Waals surface area contributed by atoms with Gasteiger partial charge >= 0.3 is 0 Å². The predicted octanol–water partition coefficient (Wildman–Crippen LogP) is 2.58. The summed E-state index contributed by atoms with van der Waals surface area (Å²) in [5.41, 5.74) is 8.24. The quantitative estimate of drug-likeness (QED) is 0.463. The topological polar surface area (TPSA) is 53.6 Å². The number of hydrogen-bond acceptors (Lipinski definition) is 2. The Morgan fingerprint density at radius 1 is 1.40 bits per heavy atom. The van der Waals surface area contributed by atoms with Gasteiger partial charge in [0.2, 0.25) is 0 Å². The van der Waals surface area contributed by atoms with E-state index in [1.165, 1.54) is 30.5 Å². The van der Waals surface area contributed by atoms with Crippen LogP contribution < -0.4 is 16.0 Å². The summed E-state index contributed by atoms with van der Waals surface area (Å²) in [6, 6.07) is 8.36. The minimum atomic E-state index is 0. The Morgan fingerprint density at radius 3 is 2.75 bits per heavy atom. The molecule has 1 aliphatic carbocycles. The summed E-state index contributed by atoms with van der Waals surface area (Å²) in [5, 5.41) is 3.21. The van der Waals surface area contributed by atoms with E-state index in [-0.39, 0.29) is 24.0 Å². The minimum Gasteiger partial charge on any atom is -0.378 e. The molecule has 0 unspecified atom stereocenters. The summed E-state index contributed by atoms with van der Waals surface area (Å²) in [6.07, 6.45) is 4.01. The molecule has 20 heavy (non-hydrogen) atoms. The van der Waals surface area contributed by atoms with Crippen LogP contribution in [-0.2, 0) is 6.54 Å². The molecule has 0 aliphatic heterocycles. The van der Waals surface area contributed by atoms with Crippen molar-refractivity contribution >= 4 is 35.6 Å². The average molecular weight is 388 g/mol. The molecule has 0 atom stereocenters. The van der Waals surface area contributed by atoms with Crippen LogP contribution in [0.1, 0.15) is 24.8 Å². The van der Waals surface area contributed by atoms with Gasteiger partial charge in [-0.05, 0) is 36.5 Å². The van der Waals surface area contributed by atoms with Crippen molar-refractivity contribution < 1.29 is 0 Å². The molecule has 1 aromatic rings. The Morgan fingerprint density at radius 2 is 2.15 bits per heavy atom. The zero-order valence-electron chi connectivity index (χ0n) is 12.3. The molecule has 1 aromatic carbocycles. The van der Waals surface area contributed by atoms with Gasteiger partial charge in [-0.1, -0.05) is 18.6 Å². The SMILES string of the molecule is CN(C)c1cccc(CN=C(N)NCC2CCC2)c1.I. The Labute approximate surface area is 138 Å². The van der Waals surface area contributed by atoms with Crippen LogP contribution >= 0.6 is 24.0 Å². The van der Waals surface area contributed by atoms with Crippen molar-refractivity contribution in [3.05, 3.63) is 29.8 Å². The maximum absolute atomic E-state index is 5.87. The summed E-state index contributed by atoms with van der Waals surface area (Å²) in [5.74, 6) is 1.35. The number of rotatable bonds is 5. The first-order chi connectivity index (χ1) is 9.15. The van der Waals surface area contributed by atoms with Gasteiger partial charge in [0.05, 0.1) is 6.54 Å². The van der Waals surface area contributed by atoms with Crippen LogP contribution in [0.15, 0.2) is 29.3 Å². The number of nitrogens with one attached hydrogen (secondary N) is 1. The van der Waals surface area contributed by atoms with Crippen LogP contribution in [0.2, 0.25) is 0 Å². The van der Waals surface area contributed by atoms with E-state index in [1.54, 1.807) is 0 Å². The highest BCUT2D eigenvalue weighted by molar-refractivity contribution is 14.0. The average Bonchev–Trinajstić information content (AvgIpc) is 2.35. The predicted molar refractivity (Wildman–Crippen MR) is 96.9 cm³/mol. The second kappa shape index (κ2) is 8.34. The molecule has 0 aromatic heterocycles. The molecular formula is C15H25IN4. The van der Waals surface area contributed by atoms with Gasteiger partial charge in [0, 0.05) is 26.3 Å². The molecule has 0 spiro atoms. The van der Waals surface area contributed by atoms with E-state index in [9.17, 15) is 0 Å². The third-order valence-corrected chi connectivity index (χ3v) is 3.66. The monoisotopic (exact) mass is 388 g/mol. The maximum atomic E-state index is 5.87. The Kier molecular flexibility index (Phi) is 7.12. The molecule has 3 N–H and O–H groups in total. The van der Waals surface area contributed by atoms with E-state index < -0.39 is 0 Å². The summed E-state index contributed by atoms with van der Waals surface area (Å²) >= 11 is 0. The van der Waals surface area contributed by atoms with Crippen LogP contribution in [0.25, 0.3) is 0 Å². The lowest BCUT2D eigenvalue weighted by molar-refractivity contribution is 0.315. The number of nitrogens with zero attached hydrogens (tertiary/aromatic N) is 2. The molecule has 0 bridgehead atoms. The fraction of sp³-hybridized carbons (Fsp3) is 0.533. The Balaban J connectivity index is 0.00000200. The molecule has 0 heterocycles. The van der Waals surface area contributed by atoms with Crippen molar-refractivity contribution in [2.45, 2.75) is 25.8 Å². The fourth-order valence-electron chi connectivity index (χ4n) is 2.11. The first kappa shape index (κ1) is 17.1. The van der Waals surface area contributed by atoms with Crippen molar-refractivity contribution in [2.24, 2.45) is 16.6 Å².